The van der Waals surface area contributed by atoms with Gasteiger partial charge in [0.05, 0.1) is 24.2 Å². The predicted molar refractivity (Wildman–Crippen MR) is 106 cm³/mol. The van der Waals surface area contributed by atoms with Crippen LogP contribution in [-0.4, -0.2) is 34.0 Å². The van der Waals surface area contributed by atoms with Crippen LogP contribution in [0.5, 0.6) is 5.75 Å². The quantitative estimate of drug-likeness (QED) is 0.646. The first-order valence-electron chi connectivity index (χ1n) is 9.32. The van der Waals surface area contributed by atoms with Gasteiger partial charge >= 0.3 is 6.03 Å². The fraction of sp³-hybridized carbons (Fsp3) is 0.421. The summed E-state index contributed by atoms with van der Waals surface area (Å²) in [6.07, 6.45) is 4.24. The van der Waals surface area contributed by atoms with Crippen LogP contribution in [0.4, 0.5) is 10.5 Å². The molecule has 0 atom stereocenters. The van der Waals surface area contributed by atoms with Crippen molar-refractivity contribution in [2.45, 2.75) is 50.2 Å². The van der Waals surface area contributed by atoms with Gasteiger partial charge in [-0.1, -0.05) is 5.46 Å². The second-order valence-electron chi connectivity index (χ2n) is 7.78. The first-order valence-corrected chi connectivity index (χ1v) is 10.8. The highest BCUT2D eigenvalue weighted by Gasteiger charge is 2.31. The third kappa shape index (κ3) is 3.51. The van der Waals surface area contributed by atoms with Crippen molar-refractivity contribution in [1.82, 2.24) is 4.72 Å². The number of benzene rings is 1. The van der Waals surface area contributed by atoms with Gasteiger partial charge in [-0.3, -0.25) is 0 Å². The highest BCUT2D eigenvalue weighted by molar-refractivity contribution is 7.89. The van der Waals surface area contributed by atoms with E-state index in [1.165, 1.54) is 19.9 Å². The zero-order valence-electron chi connectivity index (χ0n) is 16.2. The number of anilines is 1. The molecule has 1 aromatic carbocycles. The van der Waals surface area contributed by atoms with Gasteiger partial charge < -0.3 is 19.6 Å². The fourth-order valence-corrected chi connectivity index (χ4v) is 4.65. The molecule has 2 aromatic rings. The van der Waals surface area contributed by atoms with Crippen LogP contribution in [-0.2, 0) is 34.9 Å². The second-order valence-corrected chi connectivity index (χ2v) is 9.39. The Hall–Kier alpha value is -2.46. The van der Waals surface area contributed by atoms with Crippen LogP contribution in [0.2, 0.25) is 0 Å². The molecule has 0 unspecified atom stereocenters. The number of aliphatic hydroxyl groups is 1. The van der Waals surface area contributed by atoms with Crippen molar-refractivity contribution < 1.29 is 27.5 Å². The zero-order chi connectivity index (χ0) is 21.0. The summed E-state index contributed by atoms with van der Waals surface area (Å²) < 4.78 is 37.6. The van der Waals surface area contributed by atoms with E-state index >= 15 is 0 Å². The summed E-state index contributed by atoms with van der Waals surface area (Å²) in [7, 11) is 2.00. The molecule has 2 aliphatic rings. The molecule has 0 saturated carbocycles. The number of carbonyl (C=O) groups excluding carboxylic acids is 1. The molecule has 1 aliphatic heterocycles. The molecule has 29 heavy (non-hydrogen) atoms. The van der Waals surface area contributed by atoms with Crippen LogP contribution in [0, 0.1) is 0 Å². The molecule has 2 radical (unpaired) electrons. The standard InChI is InChI=1S/C19H21BN2O6S/c1-19(2,24)10-8-14(28-9-10)29(25,26)22-18(23)21-16-12-5-3-4-11(12)15(20)13-6-7-27-17(13)16/h8-9,24H,3-7H2,1-2H3,(H2,21,22,23). The van der Waals surface area contributed by atoms with Gasteiger partial charge in [-0.2, -0.15) is 8.42 Å². The lowest BCUT2D eigenvalue weighted by Crippen LogP contribution is -2.35. The topological polar surface area (TPSA) is 118 Å². The average molecular weight is 416 g/mol. The van der Waals surface area contributed by atoms with Gasteiger partial charge in [0, 0.05) is 18.1 Å². The maximum Gasteiger partial charge on any atom is 0.333 e. The minimum Gasteiger partial charge on any atom is -0.491 e. The minimum absolute atomic E-state index is 0.279. The number of ether oxygens (including phenoxy) is 1. The summed E-state index contributed by atoms with van der Waals surface area (Å²) in [6.45, 7) is 3.45. The van der Waals surface area contributed by atoms with E-state index in [9.17, 15) is 18.3 Å². The Morgan fingerprint density at radius 3 is 2.62 bits per heavy atom. The van der Waals surface area contributed by atoms with E-state index in [2.05, 4.69) is 5.32 Å². The molecule has 2 heterocycles. The number of amides is 2. The molecule has 3 N–H and O–H groups in total. The third-order valence-corrected chi connectivity index (χ3v) is 6.48. The molecular weight excluding hydrogens is 395 g/mol. The Morgan fingerprint density at radius 1 is 1.21 bits per heavy atom. The van der Waals surface area contributed by atoms with Crippen LogP contribution in [0.3, 0.4) is 0 Å². The zero-order valence-corrected chi connectivity index (χ0v) is 17.0. The number of nitrogens with one attached hydrogen (secondary N) is 2. The van der Waals surface area contributed by atoms with Gasteiger partial charge in [0.2, 0.25) is 5.09 Å². The molecule has 1 aromatic heterocycles. The molecule has 8 nitrogen and oxygen atoms in total. The van der Waals surface area contributed by atoms with E-state index in [0.717, 1.165) is 42.2 Å². The number of hydrogen-bond acceptors (Lipinski definition) is 6. The third-order valence-electron chi connectivity index (χ3n) is 5.28. The number of furan rings is 1. The van der Waals surface area contributed by atoms with Gasteiger partial charge in [-0.15, -0.1) is 0 Å². The van der Waals surface area contributed by atoms with Crippen molar-refractivity contribution in [2.24, 2.45) is 0 Å². The van der Waals surface area contributed by atoms with Crippen molar-refractivity contribution in [1.29, 1.82) is 0 Å². The van der Waals surface area contributed by atoms with Gasteiger partial charge in [0.1, 0.15) is 13.6 Å². The van der Waals surface area contributed by atoms with Crippen molar-refractivity contribution in [3.8, 4) is 5.75 Å². The Morgan fingerprint density at radius 2 is 1.93 bits per heavy atom. The van der Waals surface area contributed by atoms with Crippen molar-refractivity contribution >= 4 is 35.1 Å². The van der Waals surface area contributed by atoms with Crippen molar-refractivity contribution in [2.75, 3.05) is 11.9 Å². The Kier molecular flexibility index (Phi) is 4.66. The highest BCUT2D eigenvalue weighted by Crippen LogP contribution is 2.40. The number of carbonyl (C=O) groups is 1. The molecular formula is C19H21BN2O6S. The first kappa shape index (κ1) is 19.8. The molecule has 0 fully saturated rings. The lowest BCUT2D eigenvalue weighted by Gasteiger charge is -2.18. The lowest BCUT2D eigenvalue weighted by molar-refractivity contribution is 0.0779. The smallest absolute Gasteiger partial charge is 0.333 e. The van der Waals surface area contributed by atoms with Crippen LogP contribution in [0.15, 0.2) is 21.8 Å². The van der Waals surface area contributed by atoms with E-state index in [1.807, 2.05) is 4.72 Å². The summed E-state index contributed by atoms with van der Waals surface area (Å²) in [5.74, 6) is 0.512. The summed E-state index contributed by atoms with van der Waals surface area (Å²) in [5.41, 5.74) is 2.92. The largest absolute Gasteiger partial charge is 0.491 e. The Labute approximate surface area is 170 Å². The Bertz CT molecular complexity index is 1070. The molecule has 0 spiro atoms. The number of rotatable bonds is 4. The summed E-state index contributed by atoms with van der Waals surface area (Å²) in [4.78, 5) is 12.5. The van der Waals surface area contributed by atoms with E-state index in [4.69, 9.17) is 17.0 Å². The number of hydrogen-bond donors (Lipinski definition) is 3. The van der Waals surface area contributed by atoms with Crippen molar-refractivity contribution in [3.05, 3.63) is 34.6 Å². The first-order chi connectivity index (χ1) is 13.6. The molecule has 2 amide bonds. The van der Waals surface area contributed by atoms with Crippen LogP contribution >= 0.6 is 0 Å². The summed E-state index contributed by atoms with van der Waals surface area (Å²) in [5, 5.41) is 12.1. The van der Waals surface area contributed by atoms with Gasteiger partial charge in [-0.05, 0) is 49.8 Å². The van der Waals surface area contributed by atoms with Crippen LogP contribution < -0.4 is 20.2 Å². The number of sulfonamides is 1. The van der Waals surface area contributed by atoms with Crippen molar-refractivity contribution in [3.63, 3.8) is 0 Å². The monoisotopic (exact) mass is 416 g/mol. The summed E-state index contributed by atoms with van der Waals surface area (Å²) in [6, 6.07) is 0.250. The van der Waals surface area contributed by atoms with Gasteiger partial charge in [0.15, 0.2) is 0 Å². The average Bonchev–Trinajstić information content (AvgIpc) is 3.37. The molecule has 0 saturated heterocycles. The molecule has 152 valence electrons. The van der Waals surface area contributed by atoms with Gasteiger partial charge in [-0.25, -0.2) is 9.52 Å². The predicted octanol–water partition coefficient (Wildman–Crippen LogP) is 1.23. The fourth-order valence-electron chi connectivity index (χ4n) is 3.79. The van der Waals surface area contributed by atoms with E-state index < -0.39 is 26.7 Å². The van der Waals surface area contributed by atoms with Gasteiger partial charge in [0.25, 0.3) is 10.0 Å². The molecule has 4 rings (SSSR count). The second kappa shape index (κ2) is 6.81. The molecule has 0 bridgehead atoms. The van der Waals surface area contributed by atoms with E-state index in [-0.39, 0.29) is 5.56 Å². The number of urea groups is 1. The summed E-state index contributed by atoms with van der Waals surface area (Å²) >= 11 is 0. The number of fused-ring (bicyclic) bond motifs is 2. The van der Waals surface area contributed by atoms with Crippen LogP contribution in [0.25, 0.3) is 0 Å². The Balaban J connectivity index is 1.59. The normalized spacial score (nSPS) is 15.6. The molecule has 10 heteroatoms. The van der Waals surface area contributed by atoms with E-state index in [0.29, 0.717) is 29.9 Å². The maximum absolute atomic E-state index is 12.5. The van der Waals surface area contributed by atoms with Crippen LogP contribution in [0.1, 0.15) is 42.5 Å². The SMILES string of the molecule is [B]c1c2c(c(NC(=O)NS(=O)(=O)c3cc(C(C)(C)O)co3)c3c1CCO3)CCC2. The van der Waals surface area contributed by atoms with E-state index in [1.54, 1.807) is 0 Å². The minimum atomic E-state index is -4.26. The highest BCUT2D eigenvalue weighted by atomic mass is 32.2. The lowest BCUT2D eigenvalue weighted by atomic mass is 9.82. The molecule has 1 aliphatic carbocycles. The maximum atomic E-state index is 12.5.